The van der Waals surface area contributed by atoms with Crippen LogP contribution >= 0.6 is 0 Å². The molecular formula is C24H34N6O2S. The van der Waals surface area contributed by atoms with Gasteiger partial charge in [-0.3, -0.25) is 0 Å². The Morgan fingerprint density at radius 3 is 2.36 bits per heavy atom. The average molecular weight is 471 g/mol. The molecule has 33 heavy (non-hydrogen) atoms. The van der Waals surface area contributed by atoms with Crippen LogP contribution in [-0.4, -0.2) is 80.5 Å². The molecule has 3 aliphatic heterocycles. The van der Waals surface area contributed by atoms with E-state index in [9.17, 15) is 8.42 Å². The van der Waals surface area contributed by atoms with E-state index in [0.717, 1.165) is 67.9 Å². The summed E-state index contributed by atoms with van der Waals surface area (Å²) in [5, 5.41) is 0. The van der Waals surface area contributed by atoms with E-state index in [1.165, 1.54) is 19.3 Å². The van der Waals surface area contributed by atoms with Crippen LogP contribution in [0.25, 0.3) is 0 Å². The number of aryl methyl sites for hydroxylation is 1. The summed E-state index contributed by atoms with van der Waals surface area (Å²) in [7, 11) is -1.43. The van der Waals surface area contributed by atoms with E-state index in [0.29, 0.717) is 24.4 Å². The molecule has 1 aromatic heterocycles. The second-order valence-electron chi connectivity index (χ2n) is 9.52. The van der Waals surface area contributed by atoms with Crippen LogP contribution in [0.2, 0.25) is 0 Å². The monoisotopic (exact) mass is 470 g/mol. The van der Waals surface area contributed by atoms with Crippen LogP contribution in [0, 0.1) is 6.92 Å². The van der Waals surface area contributed by atoms with Crippen LogP contribution in [0.3, 0.4) is 0 Å². The van der Waals surface area contributed by atoms with E-state index in [1.54, 1.807) is 16.4 Å². The first-order chi connectivity index (χ1) is 15.9. The fourth-order valence-corrected chi connectivity index (χ4v) is 6.52. The van der Waals surface area contributed by atoms with Gasteiger partial charge in [-0.15, -0.1) is 0 Å². The van der Waals surface area contributed by atoms with Crippen molar-refractivity contribution < 1.29 is 8.42 Å². The Bertz CT molecular complexity index is 1110. The van der Waals surface area contributed by atoms with Crippen molar-refractivity contribution in [2.24, 2.45) is 0 Å². The molecule has 0 bridgehead atoms. The van der Waals surface area contributed by atoms with Gasteiger partial charge >= 0.3 is 0 Å². The maximum Gasteiger partial charge on any atom is 0.243 e. The summed E-state index contributed by atoms with van der Waals surface area (Å²) in [6.45, 7) is 8.42. The van der Waals surface area contributed by atoms with Gasteiger partial charge in [0.2, 0.25) is 16.0 Å². The fourth-order valence-electron chi connectivity index (χ4n) is 5.00. The zero-order valence-corrected chi connectivity index (χ0v) is 20.5. The molecule has 2 saturated heterocycles. The first kappa shape index (κ1) is 22.6. The number of hydrogen-bond donors (Lipinski definition) is 0. The van der Waals surface area contributed by atoms with E-state index in [1.807, 2.05) is 19.1 Å². The number of benzene rings is 1. The van der Waals surface area contributed by atoms with Gasteiger partial charge in [-0.1, -0.05) is 12.1 Å². The van der Waals surface area contributed by atoms with Crippen LogP contribution in [0.1, 0.15) is 36.1 Å². The number of piperidine rings is 1. The number of piperazine rings is 1. The predicted octanol–water partition coefficient (Wildman–Crippen LogP) is 2.27. The number of anilines is 2. The Morgan fingerprint density at radius 1 is 0.879 bits per heavy atom. The third kappa shape index (κ3) is 4.58. The normalized spacial score (nSPS) is 20.7. The van der Waals surface area contributed by atoms with Gasteiger partial charge in [-0.05, 0) is 50.9 Å². The molecule has 0 radical (unpaired) electrons. The van der Waals surface area contributed by atoms with Crippen LogP contribution in [0.5, 0.6) is 0 Å². The molecule has 0 atom stereocenters. The zero-order valence-electron chi connectivity index (χ0n) is 19.7. The largest absolute Gasteiger partial charge is 0.354 e. The highest BCUT2D eigenvalue weighted by Crippen LogP contribution is 2.32. The molecule has 0 N–H and O–H groups in total. The van der Waals surface area contributed by atoms with Crippen molar-refractivity contribution >= 4 is 21.8 Å². The molecule has 5 rings (SSSR count). The van der Waals surface area contributed by atoms with Gasteiger partial charge in [0.25, 0.3) is 0 Å². The predicted molar refractivity (Wildman–Crippen MR) is 130 cm³/mol. The summed E-state index contributed by atoms with van der Waals surface area (Å²) in [6.07, 6.45) is 4.22. The van der Waals surface area contributed by atoms with E-state index >= 15 is 0 Å². The lowest BCUT2D eigenvalue weighted by Gasteiger charge is -2.37. The number of fused-ring (bicyclic) bond motifs is 1. The second-order valence-corrected chi connectivity index (χ2v) is 11.5. The molecule has 0 spiro atoms. The van der Waals surface area contributed by atoms with Crippen molar-refractivity contribution in [3.05, 3.63) is 41.1 Å². The second kappa shape index (κ2) is 9.19. The highest BCUT2D eigenvalue weighted by Gasteiger charge is 2.33. The summed E-state index contributed by atoms with van der Waals surface area (Å²) >= 11 is 0. The molecule has 1 aromatic carbocycles. The minimum Gasteiger partial charge on any atom is -0.354 e. The molecule has 9 heteroatoms. The van der Waals surface area contributed by atoms with Gasteiger partial charge in [0.15, 0.2) is 0 Å². The maximum absolute atomic E-state index is 13.5. The van der Waals surface area contributed by atoms with Gasteiger partial charge in [-0.2, -0.15) is 9.29 Å². The topological polar surface area (TPSA) is 72.9 Å². The van der Waals surface area contributed by atoms with Crippen LogP contribution in [-0.2, 0) is 23.0 Å². The van der Waals surface area contributed by atoms with E-state index < -0.39 is 10.0 Å². The highest BCUT2D eigenvalue weighted by molar-refractivity contribution is 7.89. The smallest absolute Gasteiger partial charge is 0.243 e. The summed E-state index contributed by atoms with van der Waals surface area (Å²) in [4.78, 5) is 17.3. The first-order valence-corrected chi connectivity index (χ1v) is 13.5. The number of nitrogens with zero attached hydrogens (tertiary/aromatic N) is 6. The number of sulfonamides is 1. The van der Waals surface area contributed by atoms with Crippen molar-refractivity contribution in [3.63, 3.8) is 0 Å². The summed E-state index contributed by atoms with van der Waals surface area (Å²) in [5.74, 6) is 1.75. The molecule has 8 nitrogen and oxygen atoms in total. The molecule has 3 aliphatic rings. The molecule has 0 aliphatic carbocycles. The van der Waals surface area contributed by atoms with Crippen LogP contribution < -0.4 is 9.80 Å². The Morgan fingerprint density at radius 2 is 1.64 bits per heavy atom. The van der Waals surface area contributed by atoms with Gasteiger partial charge in [-0.25, -0.2) is 13.4 Å². The summed E-state index contributed by atoms with van der Waals surface area (Å²) in [5.41, 5.74) is 2.93. The Balaban J connectivity index is 1.50. The van der Waals surface area contributed by atoms with Crippen molar-refractivity contribution in [3.8, 4) is 0 Å². The summed E-state index contributed by atoms with van der Waals surface area (Å²) in [6, 6.07) is 7.17. The third-order valence-corrected chi connectivity index (χ3v) is 8.90. The molecule has 0 saturated carbocycles. The zero-order chi connectivity index (χ0) is 23.0. The molecule has 2 fully saturated rings. The van der Waals surface area contributed by atoms with Gasteiger partial charge < -0.3 is 14.7 Å². The molecular weight excluding hydrogens is 436 g/mol. The Labute approximate surface area is 197 Å². The maximum atomic E-state index is 13.5. The van der Waals surface area contributed by atoms with Crippen LogP contribution in [0.4, 0.5) is 11.8 Å². The Hall–Kier alpha value is -2.23. The number of likely N-dealkylation sites (N-methyl/N-ethyl adjacent to an activating group) is 1. The third-order valence-electron chi connectivity index (χ3n) is 7.06. The minimum absolute atomic E-state index is 0.327. The van der Waals surface area contributed by atoms with E-state index in [4.69, 9.17) is 9.97 Å². The molecule has 0 unspecified atom stereocenters. The lowest BCUT2D eigenvalue weighted by Crippen LogP contribution is -2.46. The minimum atomic E-state index is -3.57. The number of rotatable bonds is 4. The van der Waals surface area contributed by atoms with E-state index in [2.05, 4.69) is 21.7 Å². The van der Waals surface area contributed by atoms with Gasteiger partial charge in [0.1, 0.15) is 5.82 Å². The fraction of sp³-hybridized carbons (Fsp3) is 0.583. The molecule has 2 aromatic rings. The standard InChI is InChI=1S/C24H34N6O2S/c1-19-7-6-8-20(17-19)33(31,32)30-12-9-22-21(18-30)23(28-15-13-27(2)14-16-28)26-24(25-22)29-10-4-3-5-11-29/h6-8,17H,3-5,9-16,18H2,1-2H3. The average Bonchev–Trinajstić information content (AvgIpc) is 2.84. The van der Waals surface area contributed by atoms with Gasteiger partial charge in [0, 0.05) is 64.3 Å². The first-order valence-electron chi connectivity index (χ1n) is 12.1. The number of hydrogen-bond acceptors (Lipinski definition) is 7. The lowest BCUT2D eigenvalue weighted by molar-refractivity contribution is 0.310. The number of aromatic nitrogens is 2. The quantitative estimate of drug-likeness (QED) is 0.679. The van der Waals surface area contributed by atoms with Crippen molar-refractivity contribution in [2.45, 2.75) is 44.0 Å². The molecule has 4 heterocycles. The van der Waals surface area contributed by atoms with Crippen molar-refractivity contribution in [2.75, 3.05) is 62.7 Å². The van der Waals surface area contributed by atoms with Crippen molar-refractivity contribution in [1.29, 1.82) is 0 Å². The van der Waals surface area contributed by atoms with E-state index in [-0.39, 0.29) is 0 Å². The lowest BCUT2D eigenvalue weighted by atomic mass is 10.1. The molecule has 178 valence electrons. The Kier molecular flexibility index (Phi) is 6.28. The summed E-state index contributed by atoms with van der Waals surface area (Å²) < 4.78 is 28.5. The van der Waals surface area contributed by atoms with Crippen LogP contribution in [0.15, 0.2) is 29.2 Å². The van der Waals surface area contributed by atoms with Crippen molar-refractivity contribution in [1.82, 2.24) is 19.2 Å². The molecule has 0 amide bonds. The van der Waals surface area contributed by atoms with Gasteiger partial charge in [0.05, 0.1) is 10.6 Å². The SMILES string of the molecule is Cc1cccc(S(=O)(=O)N2CCc3nc(N4CCCCC4)nc(N4CCN(C)CC4)c3C2)c1. The highest BCUT2D eigenvalue weighted by atomic mass is 32.2.